The van der Waals surface area contributed by atoms with Crippen LogP contribution >= 0.6 is 27.3 Å². The summed E-state index contributed by atoms with van der Waals surface area (Å²) in [4.78, 5) is 11.5. The van der Waals surface area contributed by atoms with E-state index in [0.717, 1.165) is 8.66 Å². The normalized spacial score (nSPS) is 10.4. The summed E-state index contributed by atoms with van der Waals surface area (Å²) >= 11 is 4.70. The number of rotatable bonds is 2. The van der Waals surface area contributed by atoms with Gasteiger partial charge in [-0.3, -0.25) is 0 Å². The summed E-state index contributed by atoms with van der Waals surface area (Å²) in [5.74, 6) is -1.08. The van der Waals surface area contributed by atoms with Crippen molar-refractivity contribution >= 4 is 33.2 Å². The molecule has 0 atom stereocenters. The summed E-state index contributed by atoms with van der Waals surface area (Å²) in [6.07, 6.45) is 0. The second kappa shape index (κ2) is 3.50. The molecule has 0 spiro atoms. The highest BCUT2D eigenvalue weighted by Crippen LogP contribution is 2.31. The second-order valence-corrected chi connectivity index (χ2v) is 4.89. The van der Waals surface area contributed by atoms with Crippen molar-refractivity contribution < 1.29 is 9.90 Å². The van der Waals surface area contributed by atoms with Crippen molar-refractivity contribution in [3.8, 4) is 10.6 Å². The van der Waals surface area contributed by atoms with E-state index in [9.17, 15) is 4.79 Å². The molecule has 2 rings (SSSR count). The minimum absolute atomic E-state index is 0.0562. The molecule has 0 aromatic carbocycles. The highest BCUT2D eigenvalue weighted by atomic mass is 79.9. The molecule has 0 aliphatic heterocycles. The van der Waals surface area contributed by atoms with Gasteiger partial charge in [0, 0.05) is 0 Å². The first kappa shape index (κ1) is 9.35. The summed E-state index contributed by atoms with van der Waals surface area (Å²) in [7, 11) is 0. The molecule has 0 saturated heterocycles. The molecule has 14 heavy (non-hydrogen) atoms. The monoisotopic (exact) mass is 273 g/mol. The molecule has 2 N–H and O–H groups in total. The Balaban J connectivity index is 2.51. The van der Waals surface area contributed by atoms with Gasteiger partial charge in [-0.2, -0.15) is 10.3 Å². The molecule has 2 aromatic rings. The largest absolute Gasteiger partial charge is 0.476 e. The maximum atomic E-state index is 10.7. The third-order valence-electron chi connectivity index (χ3n) is 1.56. The van der Waals surface area contributed by atoms with E-state index in [-0.39, 0.29) is 5.69 Å². The zero-order chi connectivity index (χ0) is 10.1. The number of hydrogen-bond donors (Lipinski definition) is 2. The first-order valence-corrected chi connectivity index (χ1v) is 5.19. The lowest BCUT2D eigenvalue weighted by Gasteiger charge is -1.90. The quantitative estimate of drug-likeness (QED) is 0.877. The SMILES string of the molecule is O=C(O)c1n[nH]nc1-c1ccc(Br)s1. The van der Waals surface area contributed by atoms with Crippen molar-refractivity contribution in [2.45, 2.75) is 0 Å². The van der Waals surface area contributed by atoms with Crippen LogP contribution in [0.25, 0.3) is 10.6 Å². The summed E-state index contributed by atoms with van der Waals surface area (Å²) in [5, 5.41) is 18.4. The topological polar surface area (TPSA) is 78.9 Å². The number of carbonyl (C=O) groups is 1. The minimum atomic E-state index is -1.08. The number of carboxylic acids is 1. The Morgan fingerprint density at radius 2 is 2.29 bits per heavy atom. The van der Waals surface area contributed by atoms with Crippen LogP contribution in [-0.4, -0.2) is 26.5 Å². The Kier molecular flexibility index (Phi) is 2.34. The van der Waals surface area contributed by atoms with Crippen LogP contribution in [0.15, 0.2) is 15.9 Å². The standard InChI is InChI=1S/C7H4BrN3O2S/c8-4-2-1-3(14-4)5-6(7(12)13)10-11-9-5/h1-2H,(H,12,13)(H,9,10,11). The number of nitrogens with one attached hydrogen (secondary N) is 1. The molecule has 0 saturated carbocycles. The number of aromatic nitrogens is 3. The highest BCUT2D eigenvalue weighted by Gasteiger charge is 2.17. The molecule has 5 nitrogen and oxygen atoms in total. The van der Waals surface area contributed by atoms with Crippen LogP contribution in [-0.2, 0) is 0 Å². The van der Waals surface area contributed by atoms with Crippen LogP contribution in [0.2, 0.25) is 0 Å². The number of aromatic carboxylic acids is 1. The molecule has 0 fully saturated rings. The maximum Gasteiger partial charge on any atom is 0.358 e. The number of H-pyrrole nitrogens is 1. The Bertz CT molecular complexity index is 479. The Labute approximate surface area is 90.9 Å². The fraction of sp³-hybridized carbons (Fsp3) is 0. The van der Waals surface area contributed by atoms with Crippen molar-refractivity contribution in [1.29, 1.82) is 0 Å². The number of thiophene rings is 1. The van der Waals surface area contributed by atoms with Crippen LogP contribution in [0.4, 0.5) is 0 Å². The van der Waals surface area contributed by atoms with E-state index >= 15 is 0 Å². The van der Waals surface area contributed by atoms with Crippen LogP contribution in [0.1, 0.15) is 10.5 Å². The van der Waals surface area contributed by atoms with Crippen molar-refractivity contribution in [1.82, 2.24) is 15.4 Å². The number of halogens is 1. The molecule has 0 bridgehead atoms. The third-order valence-corrected chi connectivity index (χ3v) is 3.19. The molecule has 7 heteroatoms. The fourth-order valence-electron chi connectivity index (χ4n) is 0.993. The van der Waals surface area contributed by atoms with Gasteiger partial charge in [0.1, 0.15) is 5.69 Å². The molecule has 0 unspecified atom stereocenters. The van der Waals surface area contributed by atoms with Crippen molar-refractivity contribution in [3.05, 3.63) is 21.6 Å². The third kappa shape index (κ3) is 1.55. The first-order valence-electron chi connectivity index (χ1n) is 3.58. The Morgan fingerprint density at radius 3 is 2.86 bits per heavy atom. The van der Waals surface area contributed by atoms with E-state index in [1.807, 2.05) is 6.07 Å². The van der Waals surface area contributed by atoms with Crippen LogP contribution < -0.4 is 0 Å². The number of hydrogen-bond acceptors (Lipinski definition) is 4. The van der Waals surface area contributed by atoms with Gasteiger partial charge < -0.3 is 5.11 Å². The molecule has 2 heterocycles. The molecule has 0 aliphatic rings. The maximum absolute atomic E-state index is 10.7. The van der Waals surface area contributed by atoms with Crippen LogP contribution in [0, 0.1) is 0 Å². The van der Waals surface area contributed by atoms with E-state index in [2.05, 4.69) is 31.3 Å². The van der Waals surface area contributed by atoms with E-state index in [1.165, 1.54) is 11.3 Å². The van der Waals surface area contributed by atoms with Gasteiger partial charge in [-0.05, 0) is 28.1 Å². The van der Waals surface area contributed by atoms with E-state index in [4.69, 9.17) is 5.11 Å². The van der Waals surface area contributed by atoms with Crippen molar-refractivity contribution in [2.24, 2.45) is 0 Å². The fourth-order valence-corrected chi connectivity index (χ4v) is 2.37. The van der Waals surface area contributed by atoms with Gasteiger partial charge in [0.15, 0.2) is 5.69 Å². The van der Waals surface area contributed by atoms with Crippen LogP contribution in [0.3, 0.4) is 0 Å². The zero-order valence-corrected chi connectivity index (χ0v) is 9.09. The van der Waals surface area contributed by atoms with Gasteiger partial charge in [0.05, 0.1) is 8.66 Å². The van der Waals surface area contributed by atoms with Gasteiger partial charge in [0.2, 0.25) is 0 Å². The van der Waals surface area contributed by atoms with E-state index < -0.39 is 5.97 Å². The van der Waals surface area contributed by atoms with Gasteiger partial charge in [-0.25, -0.2) is 4.79 Å². The molecule has 2 aromatic heterocycles. The van der Waals surface area contributed by atoms with Crippen molar-refractivity contribution in [2.75, 3.05) is 0 Å². The Hall–Kier alpha value is -1.21. The minimum Gasteiger partial charge on any atom is -0.476 e. The van der Waals surface area contributed by atoms with Gasteiger partial charge in [0.25, 0.3) is 0 Å². The van der Waals surface area contributed by atoms with Gasteiger partial charge in [-0.15, -0.1) is 16.4 Å². The average molecular weight is 274 g/mol. The predicted octanol–water partition coefficient (Wildman–Crippen LogP) is 1.99. The highest BCUT2D eigenvalue weighted by molar-refractivity contribution is 9.11. The van der Waals surface area contributed by atoms with E-state index in [0.29, 0.717) is 5.69 Å². The lowest BCUT2D eigenvalue weighted by Crippen LogP contribution is -1.98. The molecular weight excluding hydrogens is 270 g/mol. The summed E-state index contributed by atoms with van der Waals surface area (Å²) in [6.45, 7) is 0. The molecule has 0 radical (unpaired) electrons. The predicted molar refractivity (Wildman–Crippen MR) is 54.4 cm³/mol. The molecule has 0 aliphatic carbocycles. The van der Waals surface area contributed by atoms with Crippen LogP contribution in [0.5, 0.6) is 0 Å². The van der Waals surface area contributed by atoms with Crippen molar-refractivity contribution in [3.63, 3.8) is 0 Å². The lowest BCUT2D eigenvalue weighted by atomic mass is 10.3. The lowest BCUT2D eigenvalue weighted by molar-refractivity contribution is 0.0691. The first-order chi connectivity index (χ1) is 6.68. The Morgan fingerprint density at radius 1 is 1.50 bits per heavy atom. The number of nitrogens with zero attached hydrogens (tertiary/aromatic N) is 2. The summed E-state index contributed by atoms with van der Waals surface area (Å²) in [6, 6.07) is 3.62. The summed E-state index contributed by atoms with van der Waals surface area (Å²) < 4.78 is 0.923. The second-order valence-electron chi connectivity index (χ2n) is 2.43. The smallest absolute Gasteiger partial charge is 0.358 e. The van der Waals surface area contributed by atoms with Gasteiger partial charge >= 0.3 is 5.97 Å². The number of aromatic amines is 1. The summed E-state index contributed by atoms with van der Waals surface area (Å²) in [5.41, 5.74) is 0.313. The molecular formula is C7H4BrN3O2S. The number of carboxylic acid groups (broad SMARTS) is 1. The molecule has 0 amide bonds. The van der Waals surface area contributed by atoms with E-state index in [1.54, 1.807) is 6.07 Å². The average Bonchev–Trinajstić information content (AvgIpc) is 2.70. The zero-order valence-electron chi connectivity index (χ0n) is 6.69. The van der Waals surface area contributed by atoms with Gasteiger partial charge in [-0.1, -0.05) is 0 Å². The molecule has 72 valence electrons.